The lowest BCUT2D eigenvalue weighted by Crippen LogP contribution is -2.00. The van der Waals surface area contributed by atoms with Gasteiger partial charge in [-0.3, -0.25) is 0 Å². The highest BCUT2D eigenvalue weighted by molar-refractivity contribution is 5.57. The monoisotopic (exact) mass is 267 g/mol. The fraction of sp³-hybridized carbons (Fsp3) is 0.235. The second-order valence-corrected chi connectivity index (χ2v) is 5.12. The Kier molecular flexibility index (Phi) is 3.15. The maximum absolute atomic E-state index is 14.0. The normalized spacial score (nSPS) is 16.4. The van der Waals surface area contributed by atoms with E-state index in [1.54, 1.807) is 0 Å². The quantitative estimate of drug-likeness (QED) is 0.829. The number of nitriles is 1. The Labute approximate surface area is 117 Å². The van der Waals surface area contributed by atoms with Crippen LogP contribution >= 0.6 is 0 Å². The predicted molar refractivity (Wildman–Crippen MR) is 74.3 cm³/mol. The van der Waals surface area contributed by atoms with Gasteiger partial charge in [0.1, 0.15) is 23.2 Å². The molecule has 0 amide bonds. The summed E-state index contributed by atoms with van der Waals surface area (Å²) in [7, 11) is 0. The third-order valence-electron chi connectivity index (χ3n) is 3.68. The molecule has 20 heavy (non-hydrogen) atoms. The number of hydrogen-bond donors (Lipinski definition) is 0. The van der Waals surface area contributed by atoms with Gasteiger partial charge in [-0.05, 0) is 23.6 Å². The molecule has 1 unspecified atom stereocenters. The van der Waals surface area contributed by atoms with Crippen LogP contribution in [-0.4, -0.2) is 6.61 Å². The van der Waals surface area contributed by atoms with E-state index in [1.807, 2.05) is 43.3 Å². The van der Waals surface area contributed by atoms with Crippen molar-refractivity contribution in [3.8, 4) is 11.8 Å². The van der Waals surface area contributed by atoms with E-state index in [0.29, 0.717) is 18.8 Å². The standard InChI is InChI=1S/C17H14FNO/c1-11-10-20-17-14(9-19)15(18)8-13(16(11)17)7-12-5-3-2-4-6-12/h2-6,8,11H,7,10H2,1H3. The van der Waals surface area contributed by atoms with E-state index in [2.05, 4.69) is 0 Å². The summed E-state index contributed by atoms with van der Waals surface area (Å²) in [4.78, 5) is 0. The van der Waals surface area contributed by atoms with Crippen LogP contribution in [0.15, 0.2) is 36.4 Å². The van der Waals surface area contributed by atoms with Crippen molar-refractivity contribution >= 4 is 0 Å². The van der Waals surface area contributed by atoms with Crippen molar-refractivity contribution in [2.45, 2.75) is 19.3 Å². The van der Waals surface area contributed by atoms with Gasteiger partial charge in [-0.2, -0.15) is 5.26 Å². The topological polar surface area (TPSA) is 33.0 Å². The molecule has 100 valence electrons. The summed E-state index contributed by atoms with van der Waals surface area (Å²) in [5.74, 6) is 0.133. The molecule has 0 spiro atoms. The third-order valence-corrected chi connectivity index (χ3v) is 3.68. The third kappa shape index (κ3) is 2.04. The van der Waals surface area contributed by atoms with Crippen LogP contribution in [0, 0.1) is 17.1 Å². The molecule has 2 nitrogen and oxygen atoms in total. The van der Waals surface area contributed by atoms with E-state index in [0.717, 1.165) is 16.7 Å². The Hall–Kier alpha value is -2.34. The number of hydrogen-bond acceptors (Lipinski definition) is 2. The van der Waals surface area contributed by atoms with Crippen molar-refractivity contribution in [2.24, 2.45) is 0 Å². The largest absolute Gasteiger partial charge is 0.491 e. The van der Waals surface area contributed by atoms with Gasteiger partial charge in [-0.1, -0.05) is 37.3 Å². The Morgan fingerprint density at radius 2 is 2.10 bits per heavy atom. The lowest BCUT2D eigenvalue weighted by molar-refractivity contribution is 0.335. The first kappa shape index (κ1) is 12.7. The highest BCUT2D eigenvalue weighted by Gasteiger charge is 2.29. The number of fused-ring (bicyclic) bond motifs is 1. The number of ether oxygens (including phenoxy) is 1. The van der Waals surface area contributed by atoms with Gasteiger partial charge in [0.05, 0.1) is 6.61 Å². The van der Waals surface area contributed by atoms with Crippen LogP contribution < -0.4 is 4.74 Å². The number of nitrogens with zero attached hydrogens (tertiary/aromatic N) is 1. The summed E-state index contributed by atoms with van der Waals surface area (Å²) in [6.45, 7) is 2.55. The van der Waals surface area contributed by atoms with E-state index in [-0.39, 0.29) is 11.5 Å². The molecular weight excluding hydrogens is 253 g/mol. The minimum atomic E-state index is -0.494. The SMILES string of the molecule is CC1COc2c(C#N)c(F)cc(Cc3ccccc3)c21. The van der Waals surface area contributed by atoms with Crippen molar-refractivity contribution in [3.63, 3.8) is 0 Å². The molecule has 1 heterocycles. The lowest BCUT2D eigenvalue weighted by Gasteiger charge is -2.12. The minimum absolute atomic E-state index is 0.0289. The zero-order valence-corrected chi connectivity index (χ0v) is 11.2. The van der Waals surface area contributed by atoms with Crippen LogP contribution in [0.25, 0.3) is 0 Å². The van der Waals surface area contributed by atoms with Crippen LogP contribution in [0.5, 0.6) is 5.75 Å². The predicted octanol–water partition coefficient (Wildman–Crippen LogP) is 3.78. The fourth-order valence-electron chi connectivity index (χ4n) is 2.74. The van der Waals surface area contributed by atoms with Crippen molar-refractivity contribution in [3.05, 3.63) is 64.5 Å². The van der Waals surface area contributed by atoms with Crippen LogP contribution in [-0.2, 0) is 6.42 Å². The van der Waals surface area contributed by atoms with Gasteiger partial charge in [-0.25, -0.2) is 4.39 Å². The lowest BCUT2D eigenvalue weighted by atomic mass is 9.91. The van der Waals surface area contributed by atoms with Gasteiger partial charge in [0.2, 0.25) is 0 Å². The Balaban J connectivity index is 2.11. The summed E-state index contributed by atoms with van der Waals surface area (Å²) in [5.41, 5.74) is 3.04. The molecule has 3 rings (SSSR count). The van der Waals surface area contributed by atoms with Crippen LogP contribution in [0.3, 0.4) is 0 Å². The van der Waals surface area contributed by atoms with E-state index in [4.69, 9.17) is 10.00 Å². The van der Waals surface area contributed by atoms with Crippen molar-refractivity contribution in [1.82, 2.24) is 0 Å². The summed E-state index contributed by atoms with van der Waals surface area (Å²) < 4.78 is 19.6. The van der Waals surface area contributed by atoms with E-state index in [1.165, 1.54) is 6.07 Å². The van der Waals surface area contributed by atoms with Gasteiger partial charge in [0.25, 0.3) is 0 Å². The molecule has 1 aliphatic heterocycles. The van der Waals surface area contributed by atoms with Gasteiger partial charge in [-0.15, -0.1) is 0 Å². The molecule has 3 heteroatoms. The number of rotatable bonds is 2. The summed E-state index contributed by atoms with van der Waals surface area (Å²) in [5, 5.41) is 9.08. The second kappa shape index (κ2) is 4.97. The van der Waals surface area contributed by atoms with Crippen molar-refractivity contribution in [1.29, 1.82) is 5.26 Å². The molecule has 0 aromatic heterocycles. The number of benzene rings is 2. The van der Waals surface area contributed by atoms with Crippen LogP contribution in [0.1, 0.15) is 35.1 Å². The van der Waals surface area contributed by atoms with Crippen LogP contribution in [0.2, 0.25) is 0 Å². The summed E-state index contributed by atoms with van der Waals surface area (Å²) in [6.07, 6.45) is 0.652. The molecular formula is C17H14FNO. The van der Waals surface area contributed by atoms with Gasteiger partial charge in [0, 0.05) is 11.5 Å². The van der Waals surface area contributed by atoms with E-state index >= 15 is 0 Å². The molecule has 0 saturated heterocycles. The van der Waals surface area contributed by atoms with Crippen molar-refractivity contribution in [2.75, 3.05) is 6.61 Å². The highest BCUT2D eigenvalue weighted by atomic mass is 19.1. The molecule has 0 aliphatic carbocycles. The maximum Gasteiger partial charge on any atom is 0.145 e. The van der Waals surface area contributed by atoms with E-state index in [9.17, 15) is 4.39 Å². The molecule has 0 bridgehead atoms. The minimum Gasteiger partial charge on any atom is -0.491 e. The molecule has 1 aliphatic rings. The van der Waals surface area contributed by atoms with Crippen LogP contribution in [0.4, 0.5) is 4.39 Å². The molecule has 1 atom stereocenters. The molecule has 2 aromatic rings. The molecule has 0 N–H and O–H groups in total. The van der Waals surface area contributed by atoms with E-state index < -0.39 is 5.82 Å². The molecule has 2 aromatic carbocycles. The zero-order valence-electron chi connectivity index (χ0n) is 11.2. The first-order chi connectivity index (χ1) is 9.70. The Morgan fingerprint density at radius 3 is 2.80 bits per heavy atom. The summed E-state index contributed by atoms with van der Waals surface area (Å²) >= 11 is 0. The van der Waals surface area contributed by atoms with Crippen molar-refractivity contribution < 1.29 is 9.13 Å². The molecule has 0 saturated carbocycles. The maximum atomic E-state index is 14.0. The molecule has 0 radical (unpaired) electrons. The highest BCUT2D eigenvalue weighted by Crippen LogP contribution is 2.40. The van der Waals surface area contributed by atoms with Gasteiger partial charge < -0.3 is 4.74 Å². The van der Waals surface area contributed by atoms with Gasteiger partial charge >= 0.3 is 0 Å². The average Bonchev–Trinajstić information content (AvgIpc) is 2.82. The fourth-order valence-corrected chi connectivity index (χ4v) is 2.74. The summed E-state index contributed by atoms with van der Waals surface area (Å²) in [6, 6.07) is 13.3. The second-order valence-electron chi connectivity index (χ2n) is 5.12. The first-order valence-corrected chi connectivity index (χ1v) is 6.62. The Bertz CT molecular complexity index is 688. The molecule has 0 fully saturated rings. The van der Waals surface area contributed by atoms with Gasteiger partial charge in [0.15, 0.2) is 0 Å². The Morgan fingerprint density at radius 1 is 1.35 bits per heavy atom. The number of halogens is 1. The average molecular weight is 267 g/mol. The first-order valence-electron chi connectivity index (χ1n) is 6.62. The zero-order chi connectivity index (χ0) is 14.1. The smallest absolute Gasteiger partial charge is 0.145 e.